The van der Waals surface area contributed by atoms with E-state index < -0.39 is 6.10 Å². The molecule has 1 atom stereocenters. The summed E-state index contributed by atoms with van der Waals surface area (Å²) in [5.74, 6) is -0.984. The highest BCUT2D eigenvalue weighted by molar-refractivity contribution is 5.71. The minimum Gasteiger partial charge on any atom is -0.462 e. The van der Waals surface area contributed by atoms with Gasteiger partial charge in [-0.25, -0.2) is 0 Å². The lowest BCUT2D eigenvalue weighted by atomic mass is 10.0. The quantitative estimate of drug-likeness (QED) is 0.0261. The van der Waals surface area contributed by atoms with Crippen LogP contribution in [-0.2, 0) is 28.6 Å². The first-order valence-electron chi connectivity index (χ1n) is 30.0. The summed E-state index contributed by atoms with van der Waals surface area (Å²) in [6, 6.07) is 0. The van der Waals surface area contributed by atoms with Gasteiger partial charge in [0.1, 0.15) is 13.2 Å². The van der Waals surface area contributed by atoms with E-state index in [1.54, 1.807) is 0 Å². The number of carbonyl (C=O) groups is 3. The summed E-state index contributed by atoms with van der Waals surface area (Å²) in [7, 11) is 0. The second-order valence-corrected chi connectivity index (χ2v) is 19.5. The van der Waals surface area contributed by atoms with Gasteiger partial charge in [0.05, 0.1) is 0 Å². The first-order valence-corrected chi connectivity index (χ1v) is 30.0. The van der Waals surface area contributed by atoms with Gasteiger partial charge in [0.2, 0.25) is 0 Å². The fourth-order valence-electron chi connectivity index (χ4n) is 7.98. The molecule has 0 aliphatic rings. The molecule has 73 heavy (non-hydrogen) atoms. The maximum absolute atomic E-state index is 12.9. The van der Waals surface area contributed by atoms with Crippen molar-refractivity contribution in [2.75, 3.05) is 13.2 Å². The minimum absolute atomic E-state index is 0.108. The van der Waals surface area contributed by atoms with Crippen molar-refractivity contribution in [1.29, 1.82) is 0 Å². The van der Waals surface area contributed by atoms with Gasteiger partial charge < -0.3 is 14.2 Å². The van der Waals surface area contributed by atoms with E-state index in [-0.39, 0.29) is 37.5 Å². The van der Waals surface area contributed by atoms with Crippen LogP contribution in [-0.4, -0.2) is 37.2 Å². The topological polar surface area (TPSA) is 78.9 Å². The van der Waals surface area contributed by atoms with Crippen molar-refractivity contribution in [3.05, 3.63) is 122 Å². The molecule has 0 aliphatic carbocycles. The zero-order valence-corrected chi connectivity index (χ0v) is 47.4. The Bertz CT molecular complexity index is 1540. The molecule has 0 aromatic rings. The average Bonchev–Trinajstić information content (AvgIpc) is 3.39. The Morgan fingerprint density at radius 3 is 0.890 bits per heavy atom. The minimum atomic E-state index is -0.818. The summed E-state index contributed by atoms with van der Waals surface area (Å²) in [5, 5.41) is 0. The first-order chi connectivity index (χ1) is 36.0. The zero-order valence-electron chi connectivity index (χ0n) is 47.4. The summed E-state index contributed by atoms with van der Waals surface area (Å²) in [5.41, 5.74) is 0. The van der Waals surface area contributed by atoms with Crippen molar-refractivity contribution >= 4 is 17.9 Å². The molecule has 0 N–H and O–H groups in total. The van der Waals surface area contributed by atoms with Crippen LogP contribution in [0.25, 0.3) is 0 Å². The second-order valence-electron chi connectivity index (χ2n) is 19.5. The lowest BCUT2D eigenvalue weighted by Crippen LogP contribution is -2.30. The molecule has 0 rings (SSSR count). The van der Waals surface area contributed by atoms with Crippen molar-refractivity contribution in [3.63, 3.8) is 0 Å². The van der Waals surface area contributed by atoms with E-state index in [1.165, 1.54) is 103 Å². The predicted octanol–water partition coefficient (Wildman–Crippen LogP) is 20.4. The van der Waals surface area contributed by atoms with Crippen LogP contribution in [0.3, 0.4) is 0 Å². The number of carbonyl (C=O) groups excluding carboxylic acids is 3. The molecule has 0 heterocycles. The molecule has 0 bridgehead atoms. The summed E-state index contributed by atoms with van der Waals surface area (Å²) in [4.78, 5) is 38.2. The van der Waals surface area contributed by atoms with Gasteiger partial charge in [0.15, 0.2) is 6.10 Å². The fraction of sp³-hybridized carbons (Fsp3) is 0.657. The van der Waals surface area contributed by atoms with E-state index in [2.05, 4.69) is 142 Å². The lowest BCUT2D eigenvalue weighted by molar-refractivity contribution is -0.167. The van der Waals surface area contributed by atoms with E-state index in [0.29, 0.717) is 19.3 Å². The van der Waals surface area contributed by atoms with Gasteiger partial charge in [-0.15, -0.1) is 0 Å². The van der Waals surface area contributed by atoms with Gasteiger partial charge in [0, 0.05) is 19.3 Å². The Hall–Kier alpha value is -4.19. The monoisotopic (exact) mass is 1010 g/mol. The molecule has 6 nitrogen and oxygen atoms in total. The standard InChI is InChI=1S/C67H110O6/c1-4-7-10-13-16-19-22-25-28-30-32-33-35-37-40-42-45-48-51-54-57-60-66(69)72-63-64(73-67(70)61-58-55-52-49-46-43-38-27-24-21-18-15-12-9-6-3)62-71-65(68)59-56-53-50-47-44-41-39-36-34-31-29-26-23-20-17-14-11-8-5-2/h8-9,11-12,17-18,20-21,25-29,34,36,38,41,44,46,49,64H,4-7,10,13-16,19,22-24,30-33,35,37,39-40,42-43,45,47-48,50-63H2,1-3H3/b11-8-,12-9-,20-17-,21-18-,28-25-,29-26-,36-34-,38-27-,44-41-,49-46-/t64-/m1/s1. The van der Waals surface area contributed by atoms with Crippen LogP contribution < -0.4 is 0 Å². The maximum Gasteiger partial charge on any atom is 0.306 e. The molecular weight excluding hydrogens is 901 g/mol. The largest absolute Gasteiger partial charge is 0.462 e. The highest BCUT2D eigenvalue weighted by Crippen LogP contribution is 2.15. The molecule has 0 spiro atoms. The molecule has 0 unspecified atom stereocenters. The first kappa shape index (κ1) is 68.8. The molecule has 0 aliphatic heterocycles. The number of esters is 3. The van der Waals surface area contributed by atoms with Gasteiger partial charge in [-0.1, -0.05) is 239 Å². The van der Waals surface area contributed by atoms with Gasteiger partial charge in [0.25, 0.3) is 0 Å². The summed E-state index contributed by atoms with van der Waals surface area (Å²) in [6.07, 6.45) is 83.4. The molecule has 0 aromatic heterocycles. The third-order valence-electron chi connectivity index (χ3n) is 12.4. The Balaban J connectivity index is 4.47. The van der Waals surface area contributed by atoms with Crippen LogP contribution in [0, 0.1) is 0 Å². The lowest BCUT2D eigenvalue weighted by Gasteiger charge is -2.18. The predicted molar refractivity (Wildman–Crippen MR) is 316 cm³/mol. The number of allylic oxidation sites excluding steroid dienone is 20. The van der Waals surface area contributed by atoms with Crippen LogP contribution >= 0.6 is 0 Å². The number of hydrogen-bond acceptors (Lipinski definition) is 6. The van der Waals surface area contributed by atoms with Gasteiger partial charge in [-0.3, -0.25) is 14.4 Å². The Morgan fingerprint density at radius 1 is 0.288 bits per heavy atom. The van der Waals surface area contributed by atoms with Crippen molar-refractivity contribution in [2.24, 2.45) is 0 Å². The van der Waals surface area contributed by atoms with E-state index in [9.17, 15) is 14.4 Å². The maximum atomic E-state index is 12.9. The summed E-state index contributed by atoms with van der Waals surface area (Å²) < 4.78 is 16.8. The molecule has 0 fully saturated rings. The molecule has 0 aromatic carbocycles. The molecule has 0 radical (unpaired) electrons. The van der Waals surface area contributed by atoms with Crippen LogP contribution in [0.2, 0.25) is 0 Å². The van der Waals surface area contributed by atoms with E-state index in [0.717, 1.165) is 116 Å². The van der Waals surface area contributed by atoms with Crippen LogP contribution in [0.5, 0.6) is 0 Å². The third kappa shape index (κ3) is 58.6. The average molecular weight is 1010 g/mol. The highest BCUT2D eigenvalue weighted by Gasteiger charge is 2.19. The van der Waals surface area contributed by atoms with Crippen molar-refractivity contribution in [1.82, 2.24) is 0 Å². The molecular formula is C67H110O6. The third-order valence-corrected chi connectivity index (χ3v) is 12.4. The van der Waals surface area contributed by atoms with Crippen molar-refractivity contribution < 1.29 is 28.6 Å². The Morgan fingerprint density at radius 2 is 0.534 bits per heavy atom. The van der Waals surface area contributed by atoms with Crippen molar-refractivity contribution in [2.45, 2.75) is 271 Å². The Kier molecular flexibility index (Phi) is 56.9. The van der Waals surface area contributed by atoms with Gasteiger partial charge in [-0.2, -0.15) is 0 Å². The fourth-order valence-corrected chi connectivity index (χ4v) is 7.98. The number of hydrogen-bond donors (Lipinski definition) is 0. The highest BCUT2D eigenvalue weighted by atomic mass is 16.6. The smallest absolute Gasteiger partial charge is 0.306 e. The van der Waals surface area contributed by atoms with Gasteiger partial charge >= 0.3 is 17.9 Å². The van der Waals surface area contributed by atoms with Gasteiger partial charge in [-0.05, 0) is 128 Å². The molecule has 0 saturated carbocycles. The van der Waals surface area contributed by atoms with Crippen LogP contribution in [0.1, 0.15) is 265 Å². The van der Waals surface area contributed by atoms with Crippen molar-refractivity contribution in [3.8, 4) is 0 Å². The second kappa shape index (κ2) is 60.4. The van der Waals surface area contributed by atoms with E-state index >= 15 is 0 Å². The molecule has 414 valence electrons. The zero-order chi connectivity index (χ0) is 52.9. The number of unbranched alkanes of at least 4 members (excludes halogenated alkanes) is 22. The number of ether oxygens (including phenoxy) is 3. The van der Waals surface area contributed by atoms with Crippen LogP contribution in [0.4, 0.5) is 0 Å². The van der Waals surface area contributed by atoms with Crippen LogP contribution in [0.15, 0.2) is 122 Å². The normalized spacial score (nSPS) is 13.0. The number of rotatable bonds is 53. The van der Waals surface area contributed by atoms with E-state index in [1.807, 2.05) is 0 Å². The SMILES string of the molecule is CC/C=C\C/C=C\C/C=C\C/C=C\C/C=C\CCCCCC(=O)OC[C@H](COC(=O)CCCCCCCCCCCCC/C=C\CCCCCCCC)OC(=O)CCCC/C=C\C/C=C\C/C=C\C/C=C\CC. The molecule has 0 amide bonds. The molecule has 0 saturated heterocycles. The summed E-state index contributed by atoms with van der Waals surface area (Å²) in [6.45, 7) is 6.35. The molecule has 6 heteroatoms. The van der Waals surface area contributed by atoms with E-state index in [4.69, 9.17) is 14.2 Å². The Labute approximate surface area is 450 Å². The summed E-state index contributed by atoms with van der Waals surface area (Å²) >= 11 is 0.